The number of nitrogens with zero attached hydrogens (tertiary/aromatic N) is 2. The van der Waals surface area contributed by atoms with Crippen molar-refractivity contribution < 1.29 is 4.79 Å². The van der Waals surface area contributed by atoms with Crippen LogP contribution in [0.2, 0.25) is 5.02 Å². The number of hydrogen-bond donors (Lipinski definition) is 2. The van der Waals surface area contributed by atoms with Gasteiger partial charge >= 0.3 is 0 Å². The number of aromatic nitrogens is 1. The Morgan fingerprint density at radius 1 is 0.828 bits per heavy atom. The van der Waals surface area contributed by atoms with Crippen molar-refractivity contribution in [3.05, 3.63) is 83.9 Å². The average Bonchev–Trinajstić information content (AvgIpc) is 3.10. The Bertz CT molecular complexity index is 1230. The number of halogens is 1. The van der Waals surface area contributed by atoms with Gasteiger partial charge in [-0.1, -0.05) is 72.3 Å². The summed E-state index contributed by atoms with van der Waals surface area (Å²) < 4.78 is 1.90. The van der Waals surface area contributed by atoms with Crippen molar-refractivity contribution in [2.75, 3.05) is 0 Å². The van der Waals surface area contributed by atoms with Crippen LogP contribution >= 0.6 is 11.6 Å². The number of nitrogens with two attached hydrogens (primary N) is 2. The molecule has 0 aliphatic rings. The Kier molecular flexibility index (Phi) is 5.06. The van der Waals surface area contributed by atoms with E-state index in [1.807, 2.05) is 65.2 Å². The average molecular weight is 403 g/mol. The number of hydrogen-bond acceptors (Lipinski definition) is 1. The maximum Gasteiger partial charge on any atom is 0.268 e. The summed E-state index contributed by atoms with van der Waals surface area (Å²) in [6, 6.07) is 25.7. The zero-order valence-corrected chi connectivity index (χ0v) is 16.3. The minimum atomic E-state index is -0.434. The lowest BCUT2D eigenvalue weighted by atomic mass is 10.0. The first kappa shape index (κ1) is 18.8. The Labute approximate surface area is 173 Å². The SMILES string of the molecule is NC(N)=NC(=O)Cn1c(-c2ccccc2Cl)ccc1-c1cccc2ccccc12. The first-order valence-corrected chi connectivity index (χ1v) is 9.47. The molecule has 5 nitrogen and oxygen atoms in total. The van der Waals surface area contributed by atoms with Crippen molar-refractivity contribution in [2.24, 2.45) is 16.5 Å². The van der Waals surface area contributed by atoms with Crippen LogP contribution < -0.4 is 11.5 Å². The molecule has 0 aliphatic heterocycles. The summed E-state index contributed by atoms with van der Waals surface area (Å²) in [5.74, 6) is -0.691. The van der Waals surface area contributed by atoms with Crippen LogP contribution in [0.5, 0.6) is 0 Å². The van der Waals surface area contributed by atoms with E-state index >= 15 is 0 Å². The smallest absolute Gasteiger partial charge is 0.268 e. The molecule has 0 saturated heterocycles. The van der Waals surface area contributed by atoms with E-state index < -0.39 is 5.91 Å². The van der Waals surface area contributed by atoms with Crippen molar-refractivity contribution in [1.82, 2.24) is 4.57 Å². The van der Waals surface area contributed by atoms with Crippen LogP contribution in [0, 0.1) is 0 Å². The topological polar surface area (TPSA) is 86.4 Å². The summed E-state index contributed by atoms with van der Waals surface area (Å²) >= 11 is 6.44. The van der Waals surface area contributed by atoms with E-state index in [-0.39, 0.29) is 12.5 Å². The molecule has 144 valence electrons. The van der Waals surface area contributed by atoms with Crippen LogP contribution in [-0.4, -0.2) is 16.4 Å². The summed E-state index contributed by atoms with van der Waals surface area (Å²) in [7, 11) is 0. The first-order valence-electron chi connectivity index (χ1n) is 9.09. The van der Waals surface area contributed by atoms with Gasteiger partial charge in [0.1, 0.15) is 6.54 Å². The highest BCUT2D eigenvalue weighted by Crippen LogP contribution is 2.35. The van der Waals surface area contributed by atoms with Gasteiger partial charge in [-0.2, -0.15) is 4.99 Å². The third kappa shape index (κ3) is 3.73. The zero-order chi connectivity index (χ0) is 20.4. The lowest BCUT2D eigenvalue weighted by molar-refractivity contribution is -0.118. The lowest BCUT2D eigenvalue weighted by Crippen LogP contribution is -2.25. The van der Waals surface area contributed by atoms with Gasteiger partial charge in [0.05, 0.1) is 5.69 Å². The van der Waals surface area contributed by atoms with Gasteiger partial charge in [-0.25, -0.2) is 0 Å². The highest BCUT2D eigenvalue weighted by atomic mass is 35.5. The molecule has 1 heterocycles. The van der Waals surface area contributed by atoms with Crippen LogP contribution in [-0.2, 0) is 11.3 Å². The summed E-state index contributed by atoms with van der Waals surface area (Å²) in [5, 5.41) is 2.81. The molecule has 1 amide bonds. The van der Waals surface area contributed by atoms with Crippen molar-refractivity contribution in [3.63, 3.8) is 0 Å². The van der Waals surface area contributed by atoms with E-state index in [1.54, 1.807) is 0 Å². The summed E-state index contributed by atoms with van der Waals surface area (Å²) in [6.07, 6.45) is 0. The van der Waals surface area contributed by atoms with Gasteiger partial charge in [0.15, 0.2) is 5.96 Å². The molecule has 4 aromatic rings. The van der Waals surface area contributed by atoms with Crippen LogP contribution in [0.4, 0.5) is 0 Å². The second-order valence-electron chi connectivity index (χ2n) is 6.63. The second kappa shape index (κ2) is 7.81. The second-order valence-corrected chi connectivity index (χ2v) is 7.03. The maximum absolute atomic E-state index is 12.4. The van der Waals surface area contributed by atoms with Gasteiger partial charge in [0.2, 0.25) is 0 Å². The number of amides is 1. The molecule has 0 fully saturated rings. The van der Waals surface area contributed by atoms with Gasteiger partial charge in [-0.05, 0) is 29.0 Å². The number of carbonyl (C=O) groups excluding carboxylic acids is 1. The monoisotopic (exact) mass is 402 g/mol. The van der Waals surface area contributed by atoms with Crippen molar-refractivity contribution in [3.8, 4) is 22.5 Å². The Morgan fingerprint density at radius 2 is 1.45 bits per heavy atom. The normalized spacial score (nSPS) is 10.8. The molecule has 4 N–H and O–H groups in total. The molecule has 4 rings (SSSR count). The fraction of sp³-hybridized carbons (Fsp3) is 0.0435. The summed E-state index contributed by atoms with van der Waals surface area (Å²) in [4.78, 5) is 16.1. The minimum absolute atomic E-state index is 0.00991. The zero-order valence-electron chi connectivity index (χ0n) is 15.5. The standard InChI is InChI=1S/C23H19ClN4O/c24-19-11-4-3-9-18(19)21-13-12-20(28(21)14-22(29)27-23(25)26)17-10-5-7-15-6-1-2-8-16(15)17/h1-13H,14H2,(H4,25,26,27,29). The number of aliphatic imine (C=N–C) groups is 1. The molecule has 0 radical (unpaired) electrons. The molecule has 0 spiro atoms. The third-order valence-corrected chi connectivity index (χ3v) is 5.07. The Balaban J connectivity index is 1.94. The summed E-state index contributed by atoms with van der Waals surface area (Å²) in [6.45, 7) is -0.00991. The maximum atomic E-state index is 12.4. The molecule has 0 saturated carbocycles. The van der Waals surface area contributed by atoms with Gasteiger partial charge in [0, 0.05) is 21.8 Å². The van der Waals surface area contributed by atoms with E-state index in [2.05, 4.69) is 23.2 Å². The van der Waals surface area contributed by atoms with Crippen LogP contribution in [0.25, 0.3) is 33.3 Å². The molecule has 3 aromatic carbocycles. The van der Waals surface area contributed by atoms with Crippen molar-refractivity contribution in [1.29, 1.82) is 0 Å². The highest BCUT2D eigenvalue weighted by molar-refractivity contribution is 6.33. The van der Waals surface area contributed by atoms with Crippen LogP contribution in [0.15, 0.2) is 83.9 Å². The number of benzene rings is 3. The van der Waals surface area contributed by atoms with Gasteiger partial charge in [-0.15, -0.1) is 0 Å². The van der Waals surface area contributed by atoms with Crippen LogP contribution in [0.1, 0.15) is 0 Å². The molecule has 0 aliphatic carbocycles. The largest absolute Gasteiger partial charge is 0.370 e. The molecule has 6 heteroatoms. The predicted octanol–water partition coefficient (Wildman–Crippen LogP) is 4.43. The number of fused-ring (bicyclic) bond motifs is 1. The van der Waals surface area contributed by atoms with Gasteiger partial charge in [0.25, 0.3) is 5.91 Å². The lowest BCUT2D eigenvalue weighted by Gasteiger charge is -2.15. The van der Waals surface area contributed by atoms with E-state index in [1.165, 1.54) is 0 Å². The Morgan fingerprint density at radius 3 is 2.21 bits per heavy atom. The predicted molar refractivity (Wildman–Crippen MR) is 119 cm³/mol. The number of carbonyl (C=O) groups is 1. The quantitative estimate of drug-likeness (QED) is 0.391. The summed E-state index contributed by atoms with van der Waals surface area (Å²) in [5.41, 5.74) is 14.3. The number of rotatable bonds is 4. The molecular weight excluding hydrogens is 384 g/mol. The van der Waals surface area contributed by atoms with Gasteiger partial charge in [-0.3, -0.25) is 4.79 Å². The Hall–Kier alpha value is -3.57. The van der Waals surface area contributed by atoms with E-state index in [4.69, 9.17) is 23.1 Å². The first-order chi connectivity index (χ1) is 14.0. The van der Waals surface area contributed by atoms with E-state index in [0.717, 1.165) is 33.3 Å². The van der Waals surface area contributed by atoms with Crippen LogP contribution in [0.3, 0.4) is 0 Å². The minimum Gasteiger partial charge on any atom is -0.370 e. The highest BCUT2D eigenvalue weighted by Gasteiger charge is 2.17. The molecule has 0 unspecified atom stereocenters. The van der Waals surface area contributed by atoms with Crippen molar-refractivity contribution in [2.45, 2.75) is 6.54 Å². The fourth-order valence-electron chi connectivity index (χ4n) is 3.54. The van der Waals surface area contributed by atoms with Gasteiger partial charge < -0.3 is 16.0 Å². The molecule has 0 bridgehead atoms. The van der Waals surface area contributed by atoms with E-state index in [9.17, 15) is 4.79 Å². The molecular formula is C23H19ClN4O. The molecule has 0 atom stereocenters. The fourth-order valence-corrected chi connectivity index (χ4v) is 3.77. The third-order valence-electron chi connectivity index (χ3n) is 4.74. The molecule has 1 aromatic heterocycles. The molecule has 29 heavy (non-hydrogen) atoms. The van der Waals surface area contributed by atoms with E-state index in [0.29, 0.717) is 5.02 Å². The van der Waals surface area contributed by atoms with Crippen molar-refractivity contribution >= 4 is 34.2 Å². The number of guanidine groups is 1.